The lowest BCUT2D eigenvalue weighted by atomic mass is 9.85. The van der Waals surface area contributed by atoms with E-state index in [2.05, 4.69) is 64.8 Å². The molecule has 51 heavy (non-hydrogen) atoms. The first-order valence-corrected chi connectivity index (χ1v) is 20.4. The van der Waals surface area contributed by atoms with Gasteiger partial charge < -0.3 is 25.0 Å². The fraction of sp³-hybridized carbons (Fsp3) is 0.571. The van der Waals surface area contributed by atoms with Crippen LogP contribution in [0.1, 0.15) is 71.3 Å². The second kappa shape index (κ2) is 14.3. The van der Waals surface area contributed by atoms with Crippen LogP contribution in [0.25, 0.3) is 10.8 Å². The molecule has 1 saturated heterocycles. The molecule has 6 rings (SSSR count). The second-order valence-electron chi connectivity index (χ2n) is 14.9. The topological polar surface area (TPSA) is 173 Å². The van der Waals surface area contributed by atoms with Crippen molar-refractivity contribution < 1.29 is 37.1 Å². The van der Waals surface area contributed by atoms with Gasteiger partial charge in [-0.05, 0) is 84.0 Å². The van der Waals surface area contributed by atoms with Crippen LogP contribution >= 0.6 is 31.9 Å². The summed E-state index contributed by atoms with van der Waals surface area (Å²) >= 11 is 7.49. The molecule has 1 aromatic carbocycles. The van der Waals surface area contributed by atoms with Crippen LogP contribution in [-0.4, -0.2) is 84.2 Å². The van der Waals surface area contributed by atoms with Gasteiger partial charge in [-0.25, -0.2) is 18.2 Å². The number of sulfonamides is 1. The minimum Gasteiger partial charge on any atom is -0.472 e. The molecule has 3 fully saturated rings. The molecular weight excluding hydrogens is 810 g/mol. The van der Waals surface area contributed by atoms with Crippen LogP contribution in [0.5, 0.6) is 5.88 Å². The Morgan fingerprint density at radius 3 is 2.59 bits per heavy atom. The van der Waals surface area contributed by atoms with Crippen molar-refractivity contribution in [1.29, 1.82) is 0 Å². The highest BCUT2D eigenvalue weighted by Gasteiger charge is 2.62. The molecule has 0 unspecified atom stereocenters. The van der Waals surface area contributed by atoms with Gasteiger partial charge in [0.25, 0.3) is 5.91 Å². The van der Waals surface area contributed by atoms with E-state index in [9.17, 15) is 27.6 Å². The second-order valence-corrected chi connectivity index (χ2v) is 18.5. The number of hydrogen-bond donors (Lipinski definition) is 3. The first kappa shape index (κ1) is 37.5. The van der Waals surface area contributed by atoms with E-state index in [0.717, 1.165) is 44.5 Å². The molecule has 2 saturated carbocycles. The van der Waals surface area contributed by atoms with Crippen LogP contribution in [0.2, 0.25) is 0 Å². The number of nitrogens with zero attached hydrogens (tertiary/aromatic N) is 2. The van der Waals surface area contributed by atoms with Crippen molar-refractivity contribution in [2.75, 3.05) is 13.2 Å². The monoisotopic (exact) mass is 851 g/mol. The number of rotatable bonds is 6. The number of aromatic nitrogens is 1. The maximum absolute atomic E-state index is 14.5. The van der Waals surface area contributed by atoms with Gasteiger partial charge in [0.05, 0.1) is 23.8 Å². The van der Waals surface area contributed by atoms with Crippen LogP contribution in [0, 0.1) is 11.3 Å². The van der Waals surface area contributed by atoms with Crippen molar-refractivity contribution in [3.8, 4) is 5.88 Å². The highest BCUT2D eigenvalue weighted by molar-refractivity contribution is 9.11. The zero-order valence-electron chi connectivity index (χ0n) is 28.8. The predicted molar refractivity (Wildman–Crippen MR) is 196 cm³/mol. The number of pyridine rings is 1. The molecule has 0 spiro atoms. The van der Waals surface area contributed by atoms with Gasteiger partial charge in [0.1, 0.15) is 23.7 Å². The molecule has 13 nitrogen and oxygen atoms in total. The number of aryl methyl sites for hydroxylation is 1. The Bertz CT molecular complexity index is 1880. The third-order valence-corrected chi connectivity index (χ3v) is 13.4. The molecule has 2 aliphatic heterocycles. The van der Waals surface area contributed by atoms with Gasteiger partial charge in [0.15, 0.2) is 0 Å². The van der Waals surface area contributed by atoms with Gasteiger partial charge in [-0.15, -0.1) is 6.58 Å². The molecule has 4 amide bonds. The maximum atomic E-state index is 14.5. The summed E-state index contributed by atoms with van der Waals surface area (Å²) in [4.78, 5) is 61.1. The number of amides is 4. The lowest BCUT2D eigenvalue weighted by molar-refractivity contribution is -0.142. The average Bonchev–Trinajstić information content (AvgIpc) is 3.99. The van der Waals surface area contributed by atoms with Crippen molar-refractivity contribution in [2.45, 2.75) is 101 Å². The molecule has 16 heteroatoms. The minimum absolute atomic E-state index is 0.0308. The van der Waals surface area contributed by atoms with Gasteiger partial charge in [-0.2, -0.15) is 0 Å². The van der Waals surface area contributed by atoms with Crippen LogP contribution < -0.4 is 20.1 Å². The largest absolute Gasteiger partial charge is 0.472 e. The standard InChI is InChI=1S/C35H43Br2N5O8S/c1-5-20-17-35(20,32(45)41-51(47,48)22-10-11-22)40-29(43)25-16-21-18-42(25)31(44)28(34(2,3)4)39-33(46)49-14-8-6-7-9-19-15-24(36)23-12-13-38-30(50-21)26(23)27(19)37/h5,12-13,15,20-22,25,28H,1,6-11,14,16-18H2,2-4H3,(H,39,46)(H,40,43)(H,41,45)/t20-,21-,25+,28-,35-/m1/s1. The number of fused-ring (bicyclic) bond motifs is 3. The normalized spacial score (nSPS) is 27.4. The van der Waals surface area contributed by atoms with Gasteiger partial charge in [0.2, 0.25) is 27.7 Å². The molecule has 2 aromatic rings. The average molecular weight is 854 g/mol. The van der Waals surface area contributed by atoms with E-state index in [4.69, 9.17) is 9.47 Å². The number of benzene rings is 1. The molecule has 5 atom stereocenters. The number of carbonyl (C=O) groups is 4. The predicted octanol–water partition coefficient (Wildman–Crippen LogP) is 4.64. The smallest absolute Gasteiger partial charge is 0.407 e. The first-order valence-electron chi connectivity index (χ1n) is 17.2. The molecule has 4 aliphatic rings. The fourth-order valence-electron chi connectivity index (χ4n) is 6.86. The zero-order valence-corrected chi connectivity index (χ0v) is 32.8. The van der Waals surface area contributed by atoms with Gasteiger partial charge in [-0.1, -0.05) is 42.8 Å². The molecule has 276 valence electrons. The summed E-state index contributed by atoms with van der Waals surface area (Å²) in [5, 5.41) is 6.51. The summed E-state index contributed by atoms with van der Waals surface area (Å²) in [5.41, 5.74) is -1.30. The van der Waals surface area contributed by atoms with Gasteiger partial charge >= 0.3 is 6.09 Å². The summed E-state index contributed by atoms with van der Waals surface area (Å²) in [5.74, 6) is -2.21. The molecule has 4 bridgehead atoms. The fourth-order valence-corrected chi connectivity index (χ4v) is 9.53. The highest BCUT2D eigenvalue weighted by atomic mass is 79.9. The van der Waals surface area contributed by atoms with Crippen LogP contribution in [0.3, 0.4) is 0 Å². The first-order chi connectivity index (χ1) is 24.1. The van der Waals surface area contributed by atoms with E-state index in [1.54, 1.807) is 27.0 Å². The number of alkyl carbamates (subject to hydrolysis) is 1. The Labute approximate surface area is 314 Å². The molecular formula is C35H43Br2N5O8S. The highest BCUT2D eigenvalue weighted by Crippen LogP contribution is 2.46. The summed E-state index contributed by atoms with van der Waals surface area (Å²) < 4.78 is 41.2. The summed E-state index contributed by atoms with van der Waals surface area (Å²) in [7, 11) is -3.89. The Morgan fingerprint density at radius 1 is 1.18 bits per heavy atom. The Hall–Kier alpha value is -3.24. The number of halogens is 2. The van der Waals surface area contributed by atoms with E-state index >= 15 is 0 Å². The molecule has 3 heterocycles. The van der Waals surface area contributed by atoms with E-state index in [1.807, 2.05) is 6.07 Å². The SMILES string of the molecule is C=C[C@@H]1C[C@]1(NC(=O)[C@@H]1C[C@@H]2CN1C(=O)[C@H](C(C)(C)C)NC(=O)OCCCCCc1cc(Br)c3ccnc(c3c1Br)O2)C(=O)NS(=O)(=O)C1CC1. The van der Waals surface area contributed by atoms with Gasteiger partial charge in [-0.3, -0.25) is 19.1 Å². The third-order valence-electron chi connectivity index (χ3n) is 10.1. The van der Waals surface area contributed by atoms with E-state index in [-0.39, 0.29) is 26.0 Å². The molecule has 3 N–H and O–H groups in total. The van der Waals surface area contributed by atoms with Crippen LogP contribution in [0.4, 0.5) is 4.79 Å². The molecule has 2 aliphatic carbocycles. The summed E-state index contributed by atoms with van der Waals surface area (Å²) in [6, 6.07) is 1.71. The number of hydrogen-bond acceptors (Lipinski definition) is 9. The lowest BCUT2D eigenvalue weighted by Crippen LogP contribution is -2.60. The molecule has 1 aromatic heterocycles. The Kier molecular flexibility index (Phi) is 10.5. The van der Waals surface area contributed by atoms with E-state index < -0.39 is 74.1 Å². The lowest BCUT2D eigenvalue weighted by Gasteiger charge is -2.35. The van der Waals surface area contributed by atoms with Crippen molar-refractivity contribution in [3.05, 3.63) is 45.5 Å². The van der Waals surface area contributed by atoms with Crippen molar-refractivity contribution in [2.24, 2.45) is 11.3 Å². The number of cyclic esters (lactones) is 1. The van der Waals surface area contributed by atoms with Crippen molar-refractivity contribution in [3.63, 3.8) is 0 Å². The Morgan fingerprint density at radius 2 is 1.92 bits per heavy atom. The summed E-state index contributed by atoms with van der Waals surface area (Å²) in [6.07, 6.45) is 5.82. The Balaban J connectivity index is 1.36. The van der Waals surface area contributed by atoms with Crippen LogP contribution in [-0.2, 0) is 35.6 Å². The number of nitrogens with one attached hydrogen (secondary N) is 3. The zero-order chi connectivity index (χ0) is 36.9. The summed E-state index contributed by atoms with van der Waals surface area (Å²) in [6.45, 7) is 9.31. The van der Waals surface area contributed by atoms with Crippen molar-refractivity contribution in [1.82, 2.24) is 25.2 Å². The van der Waals surface area contributed by atoms with Crippen molar-refractivity contribution >= 4 is 76.5 Å². The van der Waals surface area contributed by atoms with E-state index in [1.165, 1.54) is 11.0 Å². The third kappa shape index (κ3) is 7.78. The minimum atomic E-state index is -3.89. The number of ether oxygens (including phenoxy) is 2. The quantitative estimate of drug-likeness (QED) is 0.350. The van der Waals surface area contributed by atoms with E-state index in [0.29, 0.717) is 25.1 Å². The van der Waals surface area contributed by atoms with Crippen LogP contribution in [0.15, 0.2) is 39.9 Å². The van der Waals surface area contributed by atoms with Gasteiger partial charge in [0, 0.05) is 32.9 Å². The molecule has 0 radical (unpaired) electrons. The number of carbonyl (C=O) groups excluding carboxylic acids is 4. The maximum Gasteiger partial charge on any atom is 0.407 e.